The molecule has 19 heavy (non-hydrogen) atoms. The van der Waals surface area contributed by atoms with Crippen molar-refractivity contribution in [1.82, 2.24) is 0 Å². The van der Waals surface area contributed by atoms with Crippen LogP contribution >= 0.6 is 11.3 Å². The Bertz CT molecular complexity index is 509. The van der Waals surface area contributed by atoms with Crippen LogP contribution in [0.1, 0.15) is 39.8 Å². The number of amides is 1. The van der Waals surface area contributed by atoms with Crippen LogP contribution in [-0.2, 0) is 4.74 Å². The molecule has 1 aromatic heterocycles. The Morgan fingerprint density at radius 3 is 2.68 bits per heavy atom. The lowest BCUT2D eigenvalue weighted by molar-refractivity contribution is 0.0533. The largest absolute Gasteiger partial charge is 0.462 e. The van der Waals surface area contributed by atoms with Gasteiger partial charge in [0.05, 0.1) is 17.9 Å². The molecule has 1 saturated carbocycles. The summed E-state index contributed by atoms with van der Waals surface area (Å²) in [6.07, 6.45) is 2.37. The van der Waals surface area contributed by atoms with Gasteiger partial charge in [0.1, 0.15) is 9.88 Å². The SMILES string of the molecule is CCOC(=O)c1sc(NCC2CC2)c(C(N)=O)c1N. The molecular formula is C12H17N3O3S. The van der Waals surface area contributed by atoms with Crippen molar-refractivity contribution in [2.45, 2.75) is 19.8 Å². The fourth-order valence-corrected chi connectivity index (χ4v) is 2.75. The summed E-state index contributed by atoms with van der Waals surface area (Å²) < 4.78 is 4.91. The third-order valence-electron chi connectivity index (χ3n) is 2.90. The van der Waals surface area contributed by atoms with Gasteiger partial charge in [0, 0.05) is 6.54 Å². The highest BCUT2D eigenvalue weighted by atomic mass is 32.1. The van der Waals surface area contributed by atoms with Crippen LogP contribution in [0.2, 0.25) is 0 Å². The molecule has 0 saturated heterocycles. The van der Waals surface area contributed by atoms with Crippen LogP contribution in [0.3, 0.4) is 0 Å². The number of nitrogens with one attached hydrogen (secondary N) is 1. The van der Waals surface area contributed by atoms with E-state index in [9.17, 15) is 9.59 Å². The van der Waals surface area contributed by atoms with E-state index in [1.54, 1.807) is 6.92 Å². The number of hydrogen-bond donors (Lipinski definition) is 3. The average Bonchev–Trinajstić information content (AvgIpc) is 3.10. The number of thiophene rings is 1. The van der Waals surface area contributed by atoms with Crippen molar-refractivity contribution in [3.8, 4) is 0 Å². The summed E-state index contributed by atoms with van der Waals surface area (Å²) >= 11 is 1.12. The summed E-state index contributed by atoms with van der Waals surface area (Å²) in [6.45, 7) is 2.73. The molecule has 1 fully saturated rings. The van der Waals surface area contributed by atoms with Gasteiger partial charge in [0.2, 0.25) is 0 Å². The van der Waals surface area contributed by atoms with Gasteiger partial charge in [0.25, 0.3) is 5.91 Å². The summed E-state index contributed by atoms with van der Waals surface area (Å²) in [5.41, 5.74) is 11.4. The Labute approximate surface area is 115 Å². The number of anilines is 2. The molecule has 1 heterocycles. The third kappa shape index (κ3) is 2.98. The van der Waals surface area contributed by atoms with Gasteiger partial charge in [-0.15, -0.1) is 11.3 Å². The van der Waals surface area contributed by atoms with Gasteiger partial charge in [-0.25, -0.2) is 4.79 Å². The maximum absolute atomic E-state index is 11.7. The minimum absolute atomic E-state index is 0.106. The number of nitrogen functional groups attached to an aromatic ring is 1. The summed E-state index contributed by atoms with van der Waals surface area (Å²) in [6, 6.07) is 0. The number of hydrogen-bond acceptors (Lipinski definition) is 6. The molecule has 0 aromatic carbocycles. The summed E-state index contributed by atoms with van der Waals surface area (Å²) in [4.78, 5) is 23.4. The highest BCUT2D eigenvalue weighted by Gasteiger charge is 2.27. The van der Waals surface area contributed by atoms with Crippen molar-refractivity contribution in [3.05, 3.63) is 10.4 Å². The lowest BCUT2D eigenvalue weighted by Gasteiger charge is -2.04. The lowest BCUT2D eigenvalue weighted by atomic mass is 10.2. The Morgan fingerprint density at radius 2 is 2.16 bits per heavy atom. The highest BCUT2D eigenvalue weighted by Crippen LogP contribution is 2.37. The van der Waals surface area contributed by atoms with E-state index in [4.69, 9.17) is 16.2 Å². The maximum Gasteiger partial charge on any atom is 0.350 e. The molecule has 0 aliphatic heterocycles. The van der Waals surface area contributed by atoms with Gasteiger partial charge in [-0.2, -0.15) is 0 Å². The first-order valence-electron chi connectivity index (χ1n) is 6.17. The standard InChI is InChI=1S/C12H17N3O3S/c1-2-18-12(17)9-8(13)7(10(14)16)11(19-9)15-5-6-3-4-6/h6,15H,2-5,13H2,1H3,(H2,14,16). The van der Waals surface area contributed by atoms with Gasteiger partial charge in [-0.1, -0.05) is 0 Å². The van der Waals surface area contributed by atoms with E-state index in [1.165, 1.54) is 12.8 Å². The lowest BCUT2D eigenvalue weighted by Crippen LogP contribution is -2.16. The van der Waals surface area contributed by atoms with Gasteiger partial charge in [-0.05, 0) is 25.7 Å². The molecule has 0 unspecified atom stereocenters. The van der Waals surface area contributed by atoms with Crippen LogP contribution in [0.5, 0.6) is 0 Å². The summed E-state index contributed by atoms with van der Waals surface area (Å²) in [5, 5.41) is 3.70. The first-order chi connectivity index (χ1) is 9.04. The van der Waals surface area contributed by atoms with Crippen molar-refractivity contribution >= 4 is 33.9 Å². The molecule has 5 N–H and O–H groups in total. The van der Waals surface area contributed by atoms with E-state index in [1.807, 2.05) is 0 Å². The predicted octanol–water partition coefficient (Wildman–Crippen LogP) is 1.43. The molecule has 104 valence electrons. The molecular weight excluding hydrogens is 266 g/mol. The minimum Gasteiger partial charge on any atom is -0.462 e. The number of rotatable bonds is 6. The molecule has 2 rings (SSSR count). The van der Waals surface area contributed by atoms with Gasteiger partial charge >= 0.3 is 5.97 Å². The highest BCUT2D eigenvalue weighted by molar-refractivity contribution is 7.19. The van der Waals surface area contributed by atoms with Gasteiger partial charge in [0.15, 0.2) is 0 Å². The molecule has 0 radical (unpaired) electrons. The molecule has 1 amide bonds. The second-order valence-corrected chi connectivity index (χ2v) is 5.48. The molecule has 7 heteroatoms. The van der Waals surface area contributed by atoms with Crippen LogP contribution in [0, 0.1) is 5.92 Å². The zero-order valence-corrected chi connectivity index (χ0v) is 11.5. The van der Waals surface area contributed by atoms with E-state index < -0.39 is 11.9 Å². The van der Waals surface area contributed by atoms with Crippen LogP contribution in [0.25, 0.3) is 0 Å². The second kappa shape index (κ2) is 5.48. The van der Waals surface area contributed by atoms with Crippen molar-refractivity contribution in [2.75, 3.05) is 24.2 Å². The van der Waals surface area contributed by atoms with E-state index in [0.29, 0.717) is 10.9 Å². The van der Waals surface area contributed by atoms with Gasteiger partial charge in [-0.3, -0.25) is 4.79 Å². The number of ether oxygens (including phenoxy) is 1. The zero-order valence-electron chi connectivity index (χ0n) is 10.7. The summed E-state index contributed by atoms with van der Waals surface area (Å²) in [5.74, 6) is -0.523. The normalized spacial score (nSPS) is 14.2. The Hall–Kier alpha value is -1.76. The number of carbonyl (C=O) groups excluding carboxylic acids is 2. The molecule has 0 spiro atoms. The molecule has 1 aromatic rings. The van der Waals surface area contributed by atoms with E-state index in [0.717, 1.165) is 17.9 Å². The molecule has 1 aliphatic rings. The van der Waals surface area contributed by atoms with Gasteiger partial charge < -0.3 is 21.5 Å². The molecule has 0 atom stereocenters. The van der Waals surface area contributed by atoms with E-state index in [2.05, 4.69) is 5.32 Å². The van der Waals surface area contributed by atoms with Crippen molar-refractivity contribution in [3.63, 3.8) is 0 Å². The Morgan fingerprint density at radius 1 is 1.47 bits per heavy atom. The number of esters is 1. The second-order valence-electron chi connectivity index (χ2n) is 4.46. The quantitative estimate of drug-likeness (QED) is 0.684. The van der Waals surface area contributed by atoms with Crippen molar-refractivity contribution in [1.29, 1.82) is 0 Å². The first kappa shape index (κ1) is 13.7. The summed E-state index contributed by atoms with van der Waals surface area (Å²) in [7, 11) is 0. The Kier molecular flexibility index (Phi) is 3.94. The van der Waals surface area contributed by atoms with Crippen LogP contribution in [-0.4, -0.2) is 25.0 Å². The number of carbonyl (C=O) groups is 2. The van der Waals surface area contributed by atoms with Crippen molar-refractivity contribution in [2.24, 2.45) is 11.7 Å². The zero-order chi connectivity index (χ0) is 14.0. The first-order valence-corrected chi connectivity index (χ1v) is 6.99. The number of nitrogens with two attached hydrogens (primary N) is 2. The Balaban J connectivity index is 2.26. The smallest absolute Gasteiger partial charge is 0.350 e. The average molecular weight is 283 g/mol. The topological polar surface area (TPSA) is 107 Å². The predicted molar refractivity (Wildman–Crippen MR) is 74.4 cm³/mol. The minimum atomic E-state index is -0.636. The molecule has 1 aliphatic carbocycles. The fourth-order valence-electron chi connectivity index (χ4n) is 1.72. The van der Waals surface area contributed by atoms with Crippen LogP contribution in [0.4, 0.5) is 10.7 Å². The molecule has 0 bridgehead atoms. The van der Waals surface area contributed by atoms with Crippen LogP contribution in [0.15, 0.2) is 0 Å². The van der Waals surface area contributed by atoms with Crippen molar-refractivity contribution < 1.29 is 14.3 Å². The van der Waals surface area contributed by atoms with E-state index >= 15 is 0 Å². The number of primary amides is 1. The fraction of sp³-hybridized carbons (Fsp3) is 0.500. The van der Waals surface area contributed by atoms with Crippen LogP contribution < -0.4 is 16.8 Å². The monoisotopic (exact) mass is 283 g/mol. The van der Waals surface area contributed by atoms with E-state index in [-0.39, 0.29) is 22.7 Å². The third-order valence-corrected chi connectivity index (χ3v) is 4.04. The maximum atomic E-state index is 11.7. The molecule has 6 nitrogen and oxygen atoms in total.